The zero-order valence-electron chi connectivity index (χ0n) is 9.84. The van der Waals surface area contributed by atoms with E-state index in [1.807, 2.05) is 18.2 Å². The number of morpholine rings is 1. The van der Waals surface area contributed by atoms with Crippen molar-refractivity contribution in [2.45, 2.75) is 6.54 Å². The Labute approximate surface area is 102 Å². The lowest BCUT2D eigenvalue weighted by Crippen LogP contribution is -2.35. The summed E-state index contributed by atoms with van der Waals surface area (Å²) in [6.45, 7) is 4.65. The number of hydrogen-bond acceptors (Lipinski definition) is 3. The molecule has 1 aromatic rings. The highest BCUT2D eigenvalue weighted by Crippen LogP contribution is 2.10. The van der Waals surface area contributed by atoms with E-state index in [1.54, 1.807) is 0 Å². The SMILES string of the molecule is O=C/C=C/c1ccc(CN2CCOCC2)cc1. The first kappa shape index (κ1) is 12.0. The van der Waals surface area contributed by atoms with Crippen molar-refractivity contribution in [1.82, 2.24) is 4.90 Å². The maximum atomic E-state index is 10.2. The van der Waals surface area contributed by atoms with Gasteiger partial charge in [0, 0.05) is 19.6 Å². The van der Waals surface area contributed by atoms with Crippen LogP contribution in [0.2, 0.25) is 0 Å². The number of aldehydes is 1. The number of carbonyl (C=O) groups excluding carboxylic acids is 1. The average molecular weight is 231 g/mol. The first-order chi connectivity index (χ1) is 8.38. The van der Waals surface area contributed by atoms with E-state index < -0.39 is 0 Å². The Kier molecular flexibility index (Phi) is 4.47. The molecule has 0 aliphatic carbocycles. The van der Waals surface area contributed by atoms with E-state index in [1.165, 1.54) is 11.6 Å². The Morgan fingerprint density at radius 2 is 1.88 bits per heavy atom. The number of ether oxygens (including phenoxy) is 1. The van der Waals surface area contributed by atoms with Crippen molar-refractivity contribution < 1.29 is 9.53 Å². The zero-order chi connectivity index (χ0) is 11.9. The summed E-state index contributed by atoms with van der Waals surface area (Å²) >= 11 is 0. The first-order valence-corrected chi connectivity index (χ1v) is 5.89. The lowest BCUT2D eigenvalue weighted by atomic mass is 10.1. The molecule has 0 unspecified atom stereocenters. The smallest absolute Gasteiger partial charge is 0.142 e. The van der Waals surface area contributed by atoms with Crippen LogP contribution in [0.4, 0.5) is 0 Å². The standard InChI is InChI=1S/C14H17NO2/c16-9-1-2-13-3-5-14(6-4-13)12-15-7-10-17-11-8-15/h1-6,9H,7-8,10-12H2/b2-1+. The fourth-order valence-corrected chi connectivity index (χ4v) is 1.90. The molecule has 3 nitrogen and oxygen atoms in total. The highest BCUT2D eigenvalue weighted by molar-refractivity contribution is 5.73. The van der Waals surface area contributed by atoms with E-state index in [2.05, 4.69) is 17.0 Å². The summed E-state index contributed by atoms with van der Waals surface area (Å²) in [6.07, 6.45) is 4.12. The molecule has 1 aliphatic rings. The molecule has 0 bridgehead atoms. The molecule has 0 atom stereocenters. The van der Waals surface area contributed by atoms with Crippen molar-refractivity contribution >= 4 is 12.4 Å². The minimum absolute atomic E-state index is 0.793. The Morgan fingerprint density at radius 3 is 2.53 bits per heavy atom. The molecule has 0 spiro atoms. The van der Waals surface area contributed by atoms with Crippen LogP contribution in [-0.4, -0.2) is 37.5 Å². The number of benzene rings is 1. The second-order valence-electron chi connectivity index (χ2n) is 4.13. The molecule has 1 saturated heterocycles. The molecular weight excluding hydrogens is 214 g/mol. The molecule has 17 heavy (non-hydrogen) atoms. The molecule has 1 aliphatic heterocycles. The van der Waals surface area contributed by atoms with Crippen molar-refractivity contribution in [1.29, 1.82) is 0 Å². The predicted molar refractivity (Wildman–Crippen MR) is 67.6 cm³/mol. The summed E-state index contributed by atoms with van der Waals surface area (Å²) in [5, 5.41) is 0. The Hall–Kier alpha value is -1.45. The summed E-state index contributed by atoms with van der Waals surface area (Å²) in [6, 6.07) is 8.30. The van der Waals surface area contributed by atoms with Gasteiger partial charge in [-0.1, -0.05) is 30.3 Å². The van der Waals surface area contributed by atoms with Crippen LogP contribution >= 0.6 is 0 Å². The van der Waals surface area contributed by atoms with Gasteiger partial charge in [-0.25, -0.2) is 0 Å². The third-order valence-electron chi connectivity index (χ3n) is 2.86. The molecule has 0 aromatic heterocycles. The normalized spacial score (nSPS) is 17.4. The van der Waals surface area contributed by atoms with Crippen LogP contribution in [0.15, 0.2) is 30.3 Å². The first-order valence-electron chi connectivity index (χ1n) is 5.89. The minimum atomic E-state index is 0.793. The molecule has 0 N–H and O–H groups in total. The molecule has 2 rings (SSSR count). The predicted octanol–water partition coefficient (Wildman–Crippen LogP) is 1.73. The number of rotatable bonds is 4. The van der Waals surface area contributed by atoms with Gasteiger partial charge >= 0.3 is 0 Å². The third kappa shape index (κ3) is 3.80. The van der Waals surface area contributed by atoms with Gasteiger partial charge < -0.3 is 4.74 Å². The van der Waals surface area contributed by atoms with Crippen LogP contribution in [0.25, 0.3) is 6.08 Å². The summed E-state index contributed by atoms with van der Waals surface area (Å²) in [5.74, 6) is 0. The van der Waals surface area contributed by atoms with Gasteiger partial charge in [-0.05, 0) is 17.2 Å². The Bertz CT molecular complexity index is 378. The lowest BCUT2D eigenvalue weighted by molar-refractivity contribution is -0.104. The van der Waals surface area contributed by atoms with E-state index in [9.17, 15) is 4.79 Å². The van der Waals surface area contributed by atoms with Crippen molar-refractivity contribution in [2.75, 3.05) is 26.3 Å². The summed E-state index contributed by atoms with van der Waals surface area (Å²) in [5.41, 5.74) is 2.36. The van der Waals surface area contributed by atoms with Gasteiger partial charge in [0.25, 0.3) is 0 Å². The van der Waals surface area contributed by atoms with Gasteiger partial charge in [-0.3, -0.25) is 9.69 Å². The molecule has 1 heterocycles. The maximum Gasteiger partial charge on any atom is 0.142 e. The molecule has 0 amide bonds. The van der Waals surface area contributed by atoms with Gasteiger partial charge in [-0.2, -0.15) is 0 Å². The van der Waals surface area contributed by atoms with E-state index in [4.69, 9.17) is 4.74 Å². The van der Waals surface area contributed by atoms with E-state index in [-0.39, 0.29) is 0 Å². The van der Waals surface area contributed by atoms with E-state index in [0.29, 0.717) is 0 Å². The van der Waals surface area contributed by atoms with Gasteiger partial charge in [0.15, 0.2) is 0 Å². The number of hydrogen-bond donors (Lipinski definition) is 0. The van der Waals surface area contributed by atoms with Crippen molar-refractivity contribution in [3.8, 4) is 0 Å². The van der Waals surface area contributed by atoms with Crippen LogP contribution in [0.1, 0.15) is 11.1 Å². The van der Waals surface area contributed by atoms with Crippen LogP contribution in [0, 0.1) is 0 Å². The van der Waals surface area contributed by atoms with Crippen LogP contribution in [0.5, 0.6) is 0 Å². The van der Waals surface area contributed by atoms with Crippen molar-refractivity contribution in [3.63, 3.8) is 0 Å². The number of carbonyl (C=O) groups is 1. The lowest BCUT2D eigenvalue weighted by Gasteiger charge is -2.26. The Morgan fingerprint density at radius 1 is 1.18 bits per heavy atom. The van der Waals surface area contributed by atoms with E-state index in [0.717, 1.165) is 44.7 Å². The van der Waals surface area contributed by atoms with Gasteiger partial charge in [-0.15, -0.1) is 0 Å². The van der Waals surface area contributed by atoms with Gasteiger partial charge in [0.1, 0.15) is 6.29 Å². The fraction of sp³-hybridized carbons (Fsp3) is 0.357. The summed E-state index contributed by atoms with van der Waals surface area (Å²) in [4.78, 5) is 12.6. The summed E-state index contributed by atoms with van der Waals surface area (Å²) < 4.78 is 5.32. The highest BCUT2D eigenvalue weighted by Gasteiger charge is 2.09. The molecular formula is C14H17NO2. The average Bonchev–Trinajstić information content (AvgIpc) is 2.39. The molecule has 0 saturated carbocycles. The summed E-state index contributed by atoms with van der Waals surface area (Å²) in [7, 11) is 0. The van der Waals surface area contributed by atoms with Gasteiger partial charge in [0.2, 0.25) is 0 Å². The van der Waals surface area contributed by atoms with Gasteiger partial charge in [0.05, 0.1) is 13.2 Å². The van der Waals surface area contributed by atoms with Crippen LogP contribution < -0.4 is 0 Å². The quantitative estimate of drug-likeness (QED) is 0.584. The Balaban J connectivity index is 1.92. The zero-order valence-corrected chi connectivity index (χ0v) is 9.84. The number of nitrogens with zero attached hydrogens (tertiary/aromatic N) is 1. The fourth-order valence-electron chi connectivity index (χ4n) is 1.90. The molecule has 1 aromatic carbocycles. The molecule has 1 fully saturated rings. The van der Waals surface area contributed by atoms with Crippen molar-refractivity contribution in [2.24, 2.45) is 0 Å². The molecule has 3 heteroatoms. The van der Waals surface area contributed by atoms with Crippen molar-refractivity contribution in [3.05, 3.63) is 41.5 Å². The number of allylic oxidation sites excluding steroid dienone is 1. The maximum absolute atomic E-state index is 10.2. The third-order valence-corrected chi connectivity index (χ3v) is 2.86. The topological polar surface area (TPSA) is 29.5 Å². The minimum Gasteiger partial charge on any atom is -0.379 e. The highest BCUT2D eigenvalue weighted by atomic mass is 16.5. The largest absolute Gasteiger partial charge is 0.379 e. The monoisotopic (exact) mass is 231 g/mol. The second-order valence-corrected chi connectivity index (χ2v) is 4.13. The van der Waals surface area contributed by atoms with E-state index >= 15 is 0 Å². The van der Waals surface area contributed by atoms with Crippen LogP contribution in [0.3, 0.4) is 0 Å². The molecule has 0 radical (unpaired) electrons. The van der Waals surface area contributed by atoms with Crippen LogP contribution in [-0.2, 0) is 16.1 Å². The molecule has 90 valence electrons. The second kappa shape index (κ2) is 6.33.